The number of esters is 1. The maximum absolute atomic E-state index is 13.9. The molecule has 0 unspecified atom stereocenters. The van der Waals surface area contributed by atoms with Crippen molar-refractivity contribution < 1.29 is 19.1 Å². The molecule has 2 heterocycles. The summed E-state index contributed by atoms with van der Waals surface area (Å²) in [6.45, 7) is 6.20. The Bertz CT molecular complexity index is 1400. The Morgan fingerprint density at radius 3 is 2.03 bits per heavy atom. The predicted octanol–water partition coefficient (Wildman–Crippen LogP) is 5.60. The number of hydrogen-bond donors (Lipinski definition) is 0. The van der Waals surface area contributed by atoms with E-state index in [0.717, 1.165) is 23.7 Å². The summed E-state index contributed by atoms with van der Waals surface area (Å²) >= 11 is 7.33. The zero-order valence-corrected chi connectivity index (χ0v) is 23.2. The van der Waals surface area contributed by atoms with E-state index >= 15 is 0 Å². The Balaban J connectivity index is 1.42. The fourth-order valence-electron chi connectivity index (χ4n) is 4.58. The standard InChI is InChI=1S/C30H28ClN3O4S/c1-20(2)38-30(37)21-8-12-24(13-9-21)34-28(35)26(27(29(34)36)39-25-14-10-22(31)11-15-25)33-18-16-32(17-19-33)23-6-4-3-5-7-23/h3-15,20H,16-19H2,1-2H3. The molecule has 3 aromatic rings. The number of piperazine rings is 1. The first-order valence-corrected chi connectivity index (χ1v) is 13.9. The van der Waals surface area contributed by atoms with E-state index in [0.29, 0.717) is 40.0 Å². The first-order chi connectivity index (χ1) is 18.8. The molecule has 3 aromatic carbocycles. The molecule has 2 aliphatic heterocycles. The lowest BCUT2D eigenvalue weighted by Crippen LogP contribution is -2.47. The van der Waals surface area contributed by atoms with Crippen molar-refractivity contribution in [3.63, 3.8) is 0 Å². The molecule has 1 fully saturated rings. The van der Waals surface area contributed by atoms with Crippen LogP contribution in [-0.4, -0.2) is 55.0 Å². The van der Waals surface area contributed by atoms with Gasteiger partial charge in [0.2, 0.25) is 0 Å². The summed E-state index contributed by atoms with van der Waals surface area (Å²) in [6, 6.07) is 23.7. The summed E-state index contributed by atoms with van der Waals surface area (Å²) in [5, 5.41) is 0.595. The van der Waals surface area contributed by atoms with Gasteiger partial charge in [-0.1, -0.05) is 41.6 Å². The van der Waals surface area contributed by atoms with Crippen molar-refractivity contribution >= 4 is 52.5 Å². The van der Waals surface area contributed by atoms with E-state index in [1.165, 1.54) is 16.7 Å². The van der Waals surface area contributed by atoms with Crippen molar-refractivity contribution in [1.29, 1.82) is 0 Å². The molecule has 39 heavy (non-hydrogen) atoms. The smallest absolute Gasteiger partial charge is 0.338 e. The van der Waals surface area contributed by atoms with Crippen LogP contribution in [0, 0.1) is 0 Å². The van der Waals surface area contributed by atoms with E-state index in [9.17, 15) is 14.4 Å². The number of carbonyl (C=O) groups excluding carboxylic acids is 3. The number of halogens is 1. The molecule has 0 atom stereocenters. The van der Waals surface area contributed by atoms with Crippen LogP contribution in [0.4, 0.5) is 11.4 Å². The van der Waals surface area contributed by atoms with Crippen LogP contribution < -0.4 is 9.80 Å². The van der Waals surface area contributed by atoms with E-state index in [4.69, 9.17) is 16.3 Å². The van der Waals surface area contributed by atoms with Gasteiger partial charge in [-0.05, 0) is 74.5 Å². The molecule has 0 N–H and O–H groups in total. The highest BCUT2D eigenvalue weighted by molar-refractivity contribution is 8.04. The van der Waals surface area contributed by atoms with Crippen molar-refractivity contribution in [2.45, 2.75) is 24.8 Å². The lowest BCUT2D eigenvalue weighted by Gasteiger charge is -2.37. The van der Waals surface area contributed by atoms with E-state index in [-0.39, 0.29) is 12.0 Å². The predicted molar refractivity (Wildman–Crippen MR) is 154 cm³/mol. The van der Waals surface area contributed by atoms with E-state index in [1.54, 1.807) is 50.2 Å². The molecule has 2 amide bonds. The number of anilines is 2. The summed E-state index contributed by atoms with van der Waals surface area (Å²) in [4.78, 5) is 46.6. The number of nitrogens with zero attached hydrogens (tertiary/aromatic N) is 3. The van der Waals surface area contributed by atoms with Gasteiger partial charge in [0.1, 0.15) is 10.6 Å². The van der Waals surface area contributed by atoms with Crippen LogP contribution in [-0.2, 0) is 14.3 Å². The fraction of sp³-hybridized carbons (Fsp3) is 0.233. The topological polar surface area (TPSA) is 70.2 Å². The van der Waals surface area contributed by atoms with Crippen molar-refractivity contribution in [1.82, 2.24) is 4.90 Å². The highest BCUT2D eigenvalue weighted by Gasteiger charge is 2.43. The zero-order valence-electron chi connectivity index (χ0n) is 21.7. The summed E-state index contributed by atoms with van der Waals surface area (Å²) in [7, 11) is 0. The van der Waals surface area contributed by atoms with Crippen LogP contribution in [0.25, 0.3) is 0 Å². The van der Waals surface area contributed by atoms with Crippen LogP contribution >= 0.6 is 23.4 Å². The van der Waals surface area contributed by atoms with Gasteiger partial charge in [-0.2, -0.15) is 0 Å². The molecule has 0 spiro atoms. The summed E-state index contributed by atoms with van der Waals surface area (Å²) < 4.78 is 5.25. The largest absolute Gasteiger partial charge is 0.459 e. The van der Waals surface area contributed by atoms with Gasteiger partial charge in [-0.3, -0.25) is 9.59 Å². The molecular weight excluding hydrogens is 534 g/mol. The Morgan fingerprint density at radius 2 is 1.41 bits per heavy atom. The minimum atomic E-state index is -0.454. The SMILES string of the molecule is CC(C)OC(=O)c1ccc(N2C(=O)C(Sc3ccc(Cl)cc3)=C(N3CCN(c4ccccc4)CC3)C2=O)cc1. The second-order valence-corrected chi connectivity index (χ2v) is 11.0. The van der Waals surface area contributed by atoms with Crippen molar-refractivity contribution in [3.8, 4) is 0 Å². The second-order valence-electron chi connectivity index (χ2n) is 9.49. The van der Waals surface area contributed by atoms with Gasteiger partial charge in [0.25, 0.3) is 11.8 Å². The lowest BCUT2D eigenvalue weighted by molar-refractivity contribution is -0.121. The normalized spacial score (nSPS) is 15.9. The molecular formula is C30H28ClN3O4S. The Labute approximate surface area is 237 Å². The molecule has 0 bridgehead atoms. The summed E-state index contributed by atoms with van der Waals surface area (Å²) in [6.07, 6.45) is -0.250. The molecule has 7 nitrogen and oxygen atoms in total. The number of imide groups is 1. The van der Waals surface area contributed by atoms with E-state index < -0.39 is 11.9 Å². The minimum absolute atomic E-state index is 0.250. The summed E-state index contributed by atoms with van der Waals surface area (Å²) in [5.41, 5.74) is 2.29. The van der Waals surface area contributed by atoms with Crippen LogP contribution in [0.15, 0.2) is 94.4 Å². The van der Waals surface area contributed by atoms with Crippen LogP contribution in [0.3, 0.4) is 0 Å². The number of thioether (sulfide) groups is 1. The highest BCUT2D eigenvalue weighted by atomic mass is 35.5. The third-order valence-corrected chi connectivity index (χ3v) is 7.80. The Hall–Kier alpha value is -3.75. The molecule has 200 valence electrons. The Morgan fingerprint density at radius 1 is 0.795 bits per heavy atom. The highest BCUT2D eigenvalue weighted by Crippen LogP contribution is 2.39. The van der Waals surface area contributed by atoms with E-state index in [2.05, 4.69) is 17.0 Å². The molecule has 0 aromatic heterocycles. The molecule has 0 saturated carbocycles. The van der Waals surface area contributed by atoms with Gasteiger partial charge < -0.3 is 14.5 Å². The third kappa shape index (κ3) is 5.82. The number of hydrogen-bond acceptors (Lipinski definition) is 7. The minimum Gasteiger partial charge on any atom is -0.459 e. The Kier molecular flexibility index (Phi) is 7.95. The molecule has 0 aliphatic carbocycles. The fourth-order valence-corrected chi connectivity index (χ4v) is 5.71. The van der Waals surface area contributed by atoms with Crippen LogP contribution in [0.2, 0.25) is 5.02 Å². The summed E-state index contributed by atoms with van der Waals surface area (Å²) in [5.74, 6) is -1.22. The van der Waals surface area contributed by atoms with E-state index in [1.807, 2.05) is 35.2 Å². The second kappa shape index (κ2) is 11.6. The quantitative estimate of drug-likeness (QED) is 0.274. The van der Waals surface area contributed by atoms with Gasteiger partial charge in [-0.25, -0.2) is 9.69 Å². The van der Waals surface area contributed by atoms with Crippen molar-refractivity contribution in [3.05, 3.63) is 100 Å². The monoisotopic (exact) mass is 561 g/mol. The van der Waals surface area contributed by atoms with Crippen molar-refractivity contribution in [2.24, 2.45) is 0 Å². The van der Waals surface area contributed by atoms with Crippen LogP contribution in [0.1, 0.15) is 24.2 Å². The van der Waals surface area contributed by atoms with Gasteiger partial charge in [0.15, 0.2) is 0 Å². The average Bonchev–Trinajstić information content (AvgIpc) is 3.19. The molecule has 2 aliphatic rings. The van der Waals surface area contributed by atoms with Crippen LogP contribution in [0.5, 0.6) is 0 Å². The molecule has 5 rings (SSSR count). The number of rotatable bonds is 7. The maximum Gasteiger partial charge on any atom is 0.338 e. The van der Waals surface area contributed by atoms with Gasteiger partial charge in [-0.15, -0.1) is 0 Å². The molecule has 0 radical (unpaired) electrons. The lowest BCUT2D eigenvalue weighted by atomic mass is 10.2. The third-order valence-electron chi connectivity index (χ3n) is 6.47. The van der Waals surface area contributed by atoms with Crippen molar-refractivity contribution in [2.75, 3.05) is 36.0 Å². The maximum atomic E-state index is 13.9. The first-order valence-electron chi connectivity index (χ1n) is 12.7. The number of ether oxygens (including phenoxy) is 1. The number of amides is 2. The zero-order chi connectivity index (χ0) is 27.5. The first kappa shape index (κ1) is 26.8. The van der Waals surface area contributed by atoms with Gasteiger partial charge in [0.05, 0.1) is 17.4 Å². The number of benzene rings is 3. The average molecular weight is 562 g/mol. The number of para-hydroxylation sites is 1. The number of carbonyl (C=O) groups is 3. The molecule has 1 saturated heterocycles. The van der Waals surface area contributed by atoms with Gasteiger partial charge >= 0.3 is 5.97 Å². The molecule has 9 heteroatoms. The van der Waals surface area contributed by atoms with Gasteiger partial charge in [0, 0.05) is 41.8 Å².